The Balaban J connectivity index is 1.61. The summed E-state index contributed by atoms with van der Waals surface area (Å²) in [6.07, 6.45) is -0.136. The predicted molar refractivity (Wildman–Crippen MR) is 122 cm³/mol. The third-order valence-electron chi connectivity index (χ3n) is 5.14. The van der Waals surface area contributed by atoms with Gasteiger partial charge in [-0.15, -0.1) is 0 Å². The van der Waals surface area contributed by atoms with Gasteiger partial charge >= 0.3 is 0 Å². The molecule has 0 fully saturated rings. The first-order valence-electron chi connectivity index (χ1n) is 11.0. The number of benzene rings is 2. The van der Waals surface area contributed by atoms with Crippen molar-refractivity contribution in [1.82, 2.24) is 4.90 Å². The molecule has 3 rings (SSSR count). The summed E-state index contributed by atoms with van der Waals surface area (Å²) >= 11 is 0. The number of methoxy groups -OCH3 is 1. The fourth-order valence-corrected chi connectivity index (χ4v) is 3.65. The van der Waals surface area contributed by atoms with E-state index in [2.05, 4.69) is 23.9 Å². The van der Waals surface area contributed by atoms with Crippen LogP contribution in [0, 0.1) is 11.7 Å². The SMILES string of the molecule is COc1cccc(CN(C[C@H](O)COCC(C)C)C[C@H]2CC(c3ccc(F)cc3)=NO2)c1. The zero-order chi connectivity index (χ0) is 22.9. The average molecular weight is 445 g/mol. The molecular weight excluding hydrogens is 411 g/mol. The molecule has 0 aliphatic carbocycles. The zero-order valence-corrected chi connectivity index (χ0v) is 19.0. The van der Waals surface area contributed by atoms with Gasteiger partial charge in [0.25, 0.3) is 0 Å². The van der Waals surface area contributed by atoms with Gasteiger partial charge < -0.3 is 19.4 Å². The fourth-order valence-electron chi connectivity index (χ4n) is 3.65. The number of rotatable bonds is 12. The van der Waals surface area contributed by atoms with Crippen LogP contribution in [0.3, 0.4) is 0 Å². The average Bonchev–Trinajstić information content (AvgIpc) is 3.22. The lowest BCUT2D eigenvalue weighted by Crippen LogP contribution is -2.39. The van der Waals surface area contributed by atoms with Gasteiger partial charge in [-0.1, -0.05) is 43.3 Å². The molecule has 0 spiro atoms. The number of hydrogen-bond acceptors (Lipinski definition) is 6. The molecule has 0 amide bonds. The Kier molecular flexibility index (Phi) is 9.02. The molecule has 2 aromatic carbocycles. The summed E-state index contributed by atoms with van der Waals surface area (Å²) in [6, 6.07) is 14.2. The Bertz CT molecular complexity index is 873. The fraction of sp³-hybridized carbons (Fsp3) is 0.480. The summed E-state index contributed by atoms with van der Waals surface area (Å²) < 4.78 is 24.2. The Labute approximate surface area is 189 Å². The number of halogens is 1. The van der Waals surface area contributed by atoms with Crippen molar-refractivity contribution in [1.29, 1.82) is 0 Å². The molecule has 0 unspecified atom stereocenters. The van der Waals surface area contributed by atoms with E-state index >= 15 is 0 Å². The molecule has 6 nitrogen and oxygen atoms in total. The normalized spacial score (nSPS) is 16.8. The van der Waals surface area contributed by atoms with Gasteiger partial charge in [-0.2, -0.15) is 0 Å². The molecule has 7 heteroatoms. The number of aliphatic hydroxyl groups is 1. The van der Waals surface area contributed by atoms with Crippen LogP contribution in [0.4, 0.5) is 4.39 Å². The summed E-state index contributed by atoms with van der Waals surface area (Å²) in [5.74, 6) is 0.939. The third kappa shape index (κ3) is 7.58. The summed E-state index contributed by atoms with van der Waals surface area (Å²) in [5.41, 5.74) is 2.74. The van der Waals surface area contributed by atoms with E-state index in [1.165, 1.54) is 12.1 Å². The Morgan fingerprint density at radius 1 is 1.19 bits per heavy atom. The van der Waals surface area contributed by atoms with Crippen molar-refractivity contribution in [3.8, 4) is 5.75 Å². The van der Waals surface area contributed by atoms with E-state index < -0.39 is 6.10 Å². The van der Waals surface area contributed by atoms with Gasteiger partial charge in [0.2, 0.25) is 0 Å². The van der Waals surface area contributed by atoms with E-state index in [4.69, 9.17) is 14.3 Å². The van der Waals surface area contributed by atoms with Crippen molar-refractivity contribution >= 4 is 5.71 Å². The number of oxime groups is 1. The standard InChI is InChI=1S/C25H33FN2O4/c1-18(2)16-31-17-22(29)14-28(13-19-5-4-6-23(11-19)30-3)15-24-12-25(27-32-24)20-7-9-21(26)10-8-20/h4-11,18,22,24,29H,12-17H2,1-3H3/t22-,24+/m0/s1. The summed E-state index contributed by atoms with van der Waals surface area (Å²) in [5, 5.41) is 14.8. The molecule has 0 saturated heterocycles. The molecular formula is C25H33FN2O4. The maximum absolute atomic E-state index is 13.2. The number of hydrogen-bond donors (Lipinski definition) is 1. The molecule has 0 aromatic heterocycles. The summed E-state index contributed by atoms with van der Waals surface area (Å²) in [7, 11) is 1.65. The molecule has 1 aliphatic rings. The third-order valence-corrected chi connectivity index (χ3v) is 5.14. The van der Waals surface area contributed by atoms with E-state index in [0.717, 1.165) is 22.6 Å². The van der Waals surface area contributed by atoms with Gasteiger partial charge in [0.1, 0.15) is 17.7 Å². The van der Waals surface area contributed by atoms with Crippen LogP contribution in [0.15, 0.2) is 53.7 Å². The van der Waals surface area contributed by atoms with Gasteiger partial charge in [0.05, 0.1) is 25.5 Å². The Hall–Kier alpha value is -2.48. The van der Waals surface area contributed by atoms with Gasteiger partial charge in [-0.3, -0.25) is 4.90 Å². The first-order chi connectivity index (χ1) is 15.4. The molecule has 1 aliphatic heterocycles. The van der Waals surface area contributed by atoms with Crippen molar-refractivity contribution in [3.63, 3.8) is 0 Å². The van der Waals surface area contributed by atoms with Crippen molar-refractivity contribution in [2.75, 3.05) is 33.4 Å². The highest BCUT2D eigenvalue weighted by atomic mass is 19.1. The van der Waals surface area contributed by atoms with E-state index in [-0.39, 0.29) is 18.5 Å². The molecule has 174 valence electrons. The van der Waals surface area contributed by atoms with Gasteiger partial charge in [0, 0.05) is 32.7 Å². The van der Waals surface area contributed by atoms with Crippen molar-refractivity contribution in [2.24, 2.45) is 11.1 Å². The van der Waals surface area contributed by atoms with Crippen LogP contribution in [0.1, 0.15) is 31.4 Å². The maximum Gasteiger partial charge on any atom is 0.145 e. The second-order valence-electron chi connectivity index (χ2n) is 8.61. The van der Waals surface area contributed by atoms with E-state index in [1.807, 2.05) is 24.3 Å². The second kappa shape index (κ2) is 11.9. The van der Waals surface area contributed by atoms with Crippen LogP contribution in [-0.4, -0.2) is 61.3 Å². The van der Waals surface area contributed by atoms with Crippen molar-refractivity contribution in [3.05, 3.63) is 65.5 Å². The Morgan fingerprint density at radius 2 is 1.97 bits per heavy atom. The summed E-state index contributed by atoms with van der Waals surface area (Å²) in [4.78, 5) is 7.82. The van der Waals surface area contributed by atoms with Crippen LogP contribution in [0.2, 0.25) is 0 Å². The smallest absolute Gasteiger partial charge is 0.145 e. The minimum atomic E-state index is -0.613. The highest BCUT2D eigenvalue weighted by Gasteiger charge is 2.26. The maximum atomic E-state index is 13.2. The van der Waals surface area contributed by atoms with Crippen LogP contribution < -0.4 is 4.74 Å². The molecule has 0 bridgehead atoms. The highest BCUT2D eigenvalue weighted by Crippen LogP contribution is 2.20. The van der Waals surface area contributed by atoms with Crippen LogP contribution >= 0.6 is 0 Å². The van der Waals surface area contributed by atoms with Crippen molar-refractivity contribution in [2.45, 2.75) is 39.0 Å². The minimum Gasteiger partial charge on any atom is -0.497 e. The molecule has 0 saturated carbocycles. The van der Waals surface area contributed by atoms with Gasteiger partial charge in [-0.05, 0) is 41.3 Å². The monoisotopic (exact) mass is 444 g/mol. The van der Waals surface area contributed by atoms with Gasteiger partial charge in [-0.25, -0.2) is 4.39 Å². The number of aliphatic hydroxyl groups excluding tert-OH is 1. The second-order valence-corrected chi connectivity index (χ2v) is 8.61. The van der Waals surface area contributed by atoms with Crippen molar-refractivity contribution < 1.29 is 23.8 Å². The van der Waals surface area contributed by atoms with E-state index in [9.17, 15) is 9.50 Å². The summed E-state index contributed by atoms with van der Waals surface area (Å²) in [6.45, 7) is 6.73. The molecule has 0 radical (unpaired) electrons. The number of ether oxygens (including phenoxy) is 2. The highest BCUT2D eigenvalue weighted by molar-refractivity contribution is 6.01. The topological polar surface area (TPSA) is 63.5 Å². The number of nitrogens with zero attached hydrogens (tertiary/aromatic N) is 2. The lowest BCUT2D eigenvalue weighted by molar-refractivity contribution is -0.00735. The van der Waals surface area contributed by atoms with E-state index in [0.29, 0.717) is 38.6 Å². The van der Waals surface area contributed by atoms with Gasteiger partial charge in [0.15, 0.2) is 0 Å². The van der Waals surface area contributed by atoms with Crippen LogP contribution in [0.5, 0.6) is 5.75 Å². The molecule has 2 aromatic rings. The Morgan fingerprint density at radius 3 is 2.69 bits per heavy atom. The van der Waals surface area contributed by atoms with Crippen LogP contribution in [-0.2, 0) is 16.1 Å². The van der Waals surface area contributed by atoms with E-state index in [1.54, 1.807) is 19.2 Å². The molecule has 2 atom stereocenters. The van der Waals surface area contributed by atoms with Crippen LogP contribution in [0.25, 0.3) is 0 Å². The quantitative estimate of drug-likeness (QED) is 0.539. The predicted octanol–water partition coefficient (Wildman–Crippen LogP) is 3.86. The lowest BCUT2D eigenvalue weighted by Gasteiger charge is -2.27. The minimum absolute atomic E-state index is 0.149. The zero-order valence-electron chi connectivity index (χ0n) is 19.0. The molecule has 1 N–H and O–H groups in total. The first-order valence-corrected chi connectivity index (χ1v) is 11.0. The lowest BCUT2D eigenvalue weighted by atomic mass is 10.0. The molecule has 32 heavy (non-hydrogen) atoms. The molecule has 1 heterocycles. The largest absolute Gasteiger partial charge is 0.497 e. The first kappa shape index (κ1) is 24.2.